The van der Waals surface area contributed by atoms with Gasteiger partial charge in [-0.15, -0.1) is 0 Å². The van der Waals surface area contributed by atoms with Crippen molar-refractivity contribution >= 4 is 5.69 Å². The van der Waals surface area contributed by atoms with E-state index in [1.165, 1.54) is 12.1 Å². The molecule has 0 atom stereocenters. The first-order valence-electron chi connectivity index (χ1n) is 6.14. The van der Waals surface area contributed by atoms with E-state index in [0.29, 0.717) is 11.5 Å². The Labute approximate surface area is 112 Å². The average molecular weight is 259 g/mol. The lowest BCUT2D eigenvalue weighted by Gasteiger charge is -2.05. The molecular weight excluding hydrogens is 242 g/mol. The van der Waals surface area contributed by atoms with Crippen LogP contribution in [0.5, 0.6) is 11.5 Å². The summed E-state index contributed by atoms with van der Waals surface area (Å²) >= 11 is 0. The van der Waals surface area contributed by atoms with Gasteiger partial charge in [-0.2, -0.15) is 0 Å². The number of nitro groups is 1. The molecular formula is C15H17NO3. The molecule has 0 N–H and O–H groups in total. The van der Waals surface area contributed by atoms with Crippen LogP contribution in [-0.4, -0.2) is 4.92 Å². The number of ether oxygens (including phenoxy) is 1. The predicted molar refractivity (Wildman–Crippen MR) is 75.7 cm³/mol. The number of aryl methyl sites for hydroxylation is 1. The first-order chi connectivity index (χ1) is 9.15. The van der Waals surface area contributed by atoms with Crippen LogP contribution in [0.2, 0.25) is 0 Å². The highest BCUT2D eigenvalue weighted by atomic mass is 16.6. The first kappa shape index (κ1) is 14.7. The third-order valence-corrected chi connectivity index (χ3v) is 2.29. The standard InChI is InChI=1S/C13H11NO3.C2H6/c1-10-5-7-12(8-6-10)17-13-4-2-3-11(9-13)14(15)16;1-2/h2-9H,1H3;1-2H3. The Bertz CT molecular complexity index is 535. The van der Waals surface area contributed by atoms with Crippen molar-refractivity contribution in [2.45, 2.75) is 20.8 Å². The fourth-order valence-corrected chi connectivity index (χ4v) is 1.40. The number of non-ortho nitro benzene ring substituents is 1. The summed E-state index contributed by atoms with van der Waals surface area (Å²) in [6, 6.07) is 13.6. The fourth-order valence-electron chi connectivity index (χ4n) is 1.40. The van der Waals surface area contributed by atoms with Crippen molar-refractivity contribution in [1.82, 2.24) is 0 Å². The number of hydrogen-bond donors (Lipinski definition) is 0. The van der Waals surface area contributed by atoms with E-state index >= 15 is 0 Å². The maximum Gasteiger partial charge on any atom is 0.273 e. The minimum absolute atomic E-state index is 0.0228. The van der Waals surface area contributed by atoms with Crippen LogP contribution in [0.25, 0.3) is 0 Å². The number of hydrogen-bond acceptors (Lipinski definition) is 3. The fraction of sp³-hybridized carbons (Fsp3) is 0.200. The van der Waals surface area contributed by atoms with E-state index in [0.717, 1.165) is 5.56 Å². The Morgan fingerprint density at radius 2 is 1.63 bits per heavy atom. The molecule has 19 heavy (non-hydrogen) atoms. The molecule has 0 fully saturated rings. The summed E-state index contributed by atoms with van der Waals surface area (Å²) in [6.07, 6.45) is 0. The molecule has 0 amide bonds. The Morgan fingerprint density at radius 1 is 1.00 bits per heavy atom. The largest absolute Gasteiger partial charge is 0.457 e. The topological polar surface area (TPSA) is 52.4 Å². The predicted octanol–water partition coefficient (Wildman–Crippen LogP) is 4.72. The molecule has 2 aromatic rings. The lowest BCUT2D eigenvalue weighted by molar-refractivity contribution is -0.384. The quantitative estimate of drug-likeness (QED) is 0.591. The van der Waals surface area contributed by atoms with E-state index in [9.17, 15) is 10.1 Å². The van der Waals surface area contributed by atoms with Gasteiger partial charge in [-0.3, -0.25) is 10.1 Å². The molecule has 0 spiro atoms. The van der Waals surface area contributed by atoms with E-state index in [2.05, 4.69) is 0 Å². The van der Waals surface area contributed by atoms with Crippen molar-refractivity contribution < 1.29 is 9.66 Å². The van der Waals surface area contributed by atoms with Crippen molar-refractivity contribution in [3.63, 3.8) is 0 Å². The van der Waals surface area contributed by atoms with Crippen LogP contribution in [0.15, 0.2) is 48.5 Å². The second-order valence-corrected chi connectivity index (χ2v) is 3.67. The van der Waals surface area contributed by atoms with Gasteiger partial charge in [0.15, 0.2) is 0 Å². The molecule has 0 aliphatic carbocycles. The number of benzene rings is 2. The maximum absolute atomic E-state index is 10.6. The zero-order chi connectivity index (χ0) is 14.3. The Morgan fingerprint density at radius 3 is 2.21 bits per heavy atom. The smallest absolute Gasteiger partial charge is 0.273 e. The summed E-state index contributed by atoms with van der Waals surface area (Å²) in [6.45, 7) is 5.98. The van der Waals surface area contributed by atoms with E-state index in [1.807, 2.05) is 45.0 Å². The van der Waals surface area contributed by atoms with Gasteiger partial charge in [0.05, 0.1) is 11.0 Å². The van der Waals surface area contributed by atoms with Crippen molar-refractivity contribution in [1.29, 1.82) is 0 Å². The van der Waals surface area contributed by atoms with E-state index in [1.54, 1.807) is 12.1 Å². The molecule has 4 nitrogen and oxygen atoms in total. The Hall–Kier alpha value is -2.36. The van der Waals surface area contributed by atoms with Crippen molar-refractivity contribution in [2.75, 3.05) is 0 Å². The van der Waals surface area contributed by atoms with Gasteiger partial charge in [-0.25, -0.2) is 0 Å². The molecule has 0 unspecified atom stereocenters. The molecule has 0 heterocycles. The van der Waals surface area contributed by atoms with Crippen LogP contribution in [0.4, 0.5) is 5.69 Å². The number of rotatable bonds is 3. The van der Waals surface area contributed by atoms with Gasteiger partial charge in [0.25, 0.3) is 5.69 Å². The third kappa shape index (κ3) is 4.43. The maximum atomic E-state index is 10.6. The number of nitro benzene ring substituents is 1. The minimum atomic E-state index is -0.442. The second kappa shape index (κ2) is 7.16. The monoisotopic (exact) mass is 259 g/mol. The van der Waals surface area contributed by atoms with E-state index in [4.69, 9.17) is 4.74 Å². The highest BCUT2D eigenvalue weighted by molar-refractivity contribution is 5.40. The van der Waals surface area contributed by atoms with Gasteiger partial charge in [0.2, 0.25) is 0 Å². The van der Waals surface area contributed by atoms with Gasteiger partial charge in [-0.05, 0) is 25.1 Å². The molecule has 0 bridgehead atoms. The molecule has 4 heteroatoms. The Kier molecular flexibility index (Phi) is 5.54. The van der Waals surface area contributed by atoms with E-state index < -0.39 is 4.92 Å². The molecule has 0 saturated carbocycles. The normalized spacial score (nSPS) is 9.21. The summed E-state index contributed by atoms with van der Waals surface area (Å²) in [5.74, 6) is 1.12. The SMILES string of the molecule is CC.Cc1ccc(Oc2cccc([N+](=O)[O-])c2)cc1. The zero-order valence-corrected chi connectivity index (χ0v) is 11.3. The summed E-state index contributed by atoms with van der Waals surface area (Å²) in [5.41, 5.74) is 1.16. The third-order valence-electron chi connectivity index (χ3n) is 2.29. The molecule has 0 aliphatic rings. The van der Waals surface area contributed by atoms with Crippen molar-refractivity contribution in [3.05, 3.63) is 64.2 Å². The van der Waals surface area contributed by atoms with Gasteiger partial charge in [-0.1, -0.05) is 37.6 Å². The second-order valence-electron chi connectivity index (χ2n) is 3.67. The molecule has 0 aliphatic heterocycles. The molecule has 100 valence electrons. The van der Waals surface area contributed by atoms with Crippen LogP contribution in [0.3, 0.4) is 0 Å². The highest BCUT2D eigenvalue weighted by Gasteiger charge is 2.06. The van der Waals surface area contributed by atoms with Crippen LogP contribution < -0.4 is 4.74 Å². The molecule has 2 aromatic carbocycles. The van der Waals surface area contributed by atoms with Crippen molar-refractivity contribution in [2.24, 2.45) is 0 Å². The summed E-state index contributed by atoms with van der Waals surface area (Å²) in [4.78, 5) is 10.2. The summed E-state index contributed by atoms with van der Waals surface area (Å²) in [5, 5.41) is 10.6. The minimum Gasteiger partial charge on any atom is -0.457 e. The van der Waals surface area contributed by atoms with E-state index in [-0.39, 0.29) is 5.69 Å². The van der Waals surface area contributed by atoms with Crippen molar-refractivity contribution in [3.8, 4) is 11.5 Å². The Balaban J connectivity index is 0.000000861. The first-order valence-corrected chi connectivity index (χ1v) is 6.14. The zero-order valence-electron chi connectivity index (χ0n) is 11.3. The van der Waals surface area contributed by atoms with Crippen LogP contribution in [0, 0.1) is 17.0 Å². The van der Waals surface area contributed by atoms with Gasteiger partial charge in [0, 0.05) is 6.07 Å². The summed E-state index contributed by atoms with van der Waals surface area (Å²) in [7, 11) is 0. The van der Waals surface area contributed by atoms with Crippen LogP contribution in [0.1, 0.15) is 19.4 Å². The van der Waals surface area contributed by atoms with Gasteiger partial charge in [0.1, 0.15) is 11.5 Å². The lowest BCUT2D eigenvalue weighted by Crippen LogP contribution is -1.89. The molecule has 0 aromatic heterocycles. The lowest BCUT2D eigenvalue weighted by atomic mass is 10.2. The molecule has 2 rings (SSSR count). The number of nitrogens with zero attached hydrogens (tertiary/aromatic N) is 1. The highest BCUT2D eigenvalue weighted by Crippen LogP contribution is 2.25. The molecule has 0 radical (unpaired) electrons. The van der Waals surface area contributed by atoms with Gasteiger partial charge >= 0.3 is 0 Å². The summed E-state index contributed by atoms with van der Waals surface area (Å²) < 4.78 is 5.52. The van der Waals surface area contributed by atoms with Crippen LogP contribution >= 0.6 is 0 Å². The van der Waals surface area contributed by atoms with Gasteiger partial charge < -0.3 is 4.74 Å². The average Bonchev–Trinajstić information content (AvgIpc) is 2.44. The molecule has 0 saturated heterocycles. The van der Waals surface area contributed by atoms with Crippen LogP contribution in [-0.2, 0) is 0 Å².